The van der Waals surface area contributed by atoms with E-state index < -0.39 is 83.0 Å². The summed E-state index contributed by atoms with van der Waals surface area (Å²) >= 11 is 0. The summed E-state index contributed by atoms with van der Waals surface area (Å²) in [5.74, 6) is -16.4. The number of aliphatic carboxylic acids is 1. The molecule has 0 fully saturated rings. The predicted octanol–water partition coefficient (Wildman–Crippen LogP) is 2.56. The number of halogens is 4. The lowest BCUT2D eigenvalue weighted by Gasteiger charge is -2.27. The number of carboxylic acid groups (broad SMARTS) is 1. The van der Waals surface area contributed by atoms with Gasteiger partial charge in [0.15, 0.2) is 29.0 Å². The Hall–Kier alpha value is -3.80. The number of Topliss-reactive ketones (excluding diaryl/α,β-unsaturated/α-hetero) is 2. The Bertz CT molecular complexity index is 1130. The van der Waals surface area contributed by atoms with Crippen LogP contribution in [0.25, 0.3) is 0 Å². The van der Waals surface area contributed by atoms with Crippen LogP contribution in [0.1, 0.15) is 25.8 Å². The van der Waals surface area contributed by atoms with Gasteiger partial charge in [0.25, 0.3) is 0 Å². The summed E-state index contributed by atoms with van der Waals surface area (Å²) < 4.78 is 59.1. The van der Waals surface area contributed by atoms with E-state index >= 15 is 0 Å². The second-order valence-electron chi connectivity index (χ2n) is 8.57. The molecule has 8 nitrogen and oxygen atoms in total. The van der Waals surface area contributed by atoms with Crippen LogP contribution in [0.2, 0.25) is 0 Å². The first-order valence-electron chi connectivity index (χ1n) is 11.2. The van der Waals surface area contributed by atoms with Crippen LogP contribution in [0.5, 0.6) is 5.75 Å². The van der Waals surface area contributed by atoms with Gasteiger partial charge in [0.1, 0.15) is 18.6 Å². The summed E-state index contributed by atoms with van der Waals surface area (Å²) in [5.41, 5.74) is 6.42. The summed E-state index contributed by atoms with van der Waals surface area (Å²) in [6.07, 6.45) is 0.328. The highest BCUT2D eigenvalue weighted by Crippen LogP contribution is 2.27. The molecule has 0 aliphatic rings. The molecule has 0 saturated carbocycles. The van der Waals surface area contributed by atoms with E-state index in [2.05, 4.69) is 10.1 Å². The number of amides is 1. The molecule has 3 atom stereocenters. The number of hydrogen-bond donors (Lipinski definition) is 3. The fraction of sp³-hybridized carbons (Fsp3) is 0.360. The zero-order valence-corrected chi connectivity index (χ0v) is 20.0. The zero-order valence-electron chi connectivity index (χ0n) is 20.0. The minimum absolute atomic E-state index is 0.0170. The van der Waals surface area contributed by atoms with Crippen LogP contribution in [-0.2, 0) is 25.6 Å². The van der Waals surface area contributed by atoms with Gasteiger partial charge in [0.05, 0.1) is 6.04 Å². The molecule has 0 radical (unpaired) electrons. The molecule has 0 saturated heterocycles. The summed E-state index contributed by atoms with van der Waals surface area (Å²) in [4.78, 5) is 50.0. The van der Waals surface area contributed by atoms with E-state index in [0.717, 1.165) is 5.56 Å². The van der Waals surface area contributed by atoms with Gasteiger partial charge in [-0.25, -0.2) is 8.78 Å². The van der Waals surface area contributed by atoms with E-state index in [-0.39, 0.29) is 12.5 Å². The Kier molecular flexibility index (Phi) is 10.3. The molecular weight excluding hydrogens is 500 g/mol. The molecule has 2 unspecified atom stereocenters. The van der Waals surface area contributed by atoms with Gasteiger partial charge in [0.2, 0.25) is 17.5 Å². The molecule has 0 spiro atoms. The fourth-order valence-electron chi connectivity index (χ4n) is 3.50. The van der Waals surface area contributed by atoms with Crippen LogP contribution in [0, 0.1) is 35.1 Å². The Morgan fingerprint density at radius 1 is 1.00 bits per heavy atom. The molecule has 2 rings (SSSR count). The number of ether oxygens (including phenoxy) is 1. The molecule has 0 aliphatic heterocycles. The summed E-state index contributed by atoms with van der Waals surface area (Å²) in [7, 11) is 0. The number of nitrogens with two attached hydrogens (primary N) is 1. The number of carbonyl (C=O) groups is 4. The van der Waals surface area contributed by atoms with Crippen LogP contribution in [0.15, 0.2) is 36.4 Å². The van der Waals surface area contributed by atoms with Crippen molar-refractivity contribution in [1.82, 2.24) is 5.32 Å². The van der Waals surface area contributed by atoms with Crippen molar-refractivity contribution in [3.05, 3.63) is 65.2 Å². The summed E-state index contributed by atoms with van der Waals surface area (Å²) in [6.45, 7) is 1.73. The van der Waals surface area contributed by atoms with Gasteiger partial charge in [-0.3, -0.25) is 19.2 Å². The van der Waals surface area contributed by atoms with Gasteiger partial charge in [0, 0.05) is 12.5 Å². The molecule has 1 amide bonds. The third kappa shape index (κ3) is 7.59. The second-order valence-corrected chi connectivity index (χ2v) is 8.57. The van der Waals surface area contributed by atoms with Crippen molar-refractivity contribution in [3.63, 3.8) is 0 Å². The average Bonchev–Trinajstić information content (AvgIpc) is 2.85. The molecular formula is C25H26F4N2O6. The zero-order chi connectivity index (χ0) is 27.9. The normalized spacial score (nSPS) is 13.5. The maximum absolute atomic E-state index is 13.9. The van der Waals surface area contributed by atoms with Crippen molar-refractivity contribution in [1.29, 1.82) is 0 Å². The minimum atomic E-state index is -2.11. The molecule has 2 aromatic carbocycles. The quantitative estimate of drug-likeness (QED) is 0.207. The monoisotopic (exact) mass is 526 g/mol. The topological polar surface area (TPSA) is 136 Å². The van der Waals surface area contributed by atoms with Gasteiger partial charge < -0.3 is 20.9 Å². The highest BCUT2D eigenvalue weighted by molar-refractivity contribution is 6.09. The van der Waals surface area contributed by atoms with E-state index in [1.165, 1.54) is 13.8 Å². The lowest BCUT2D eigenvalue weighted by Crippen LogP contribution is -2.55. The Morgan fingerprint density at radius 3 is 2.08 bits per heavy atom. The minimum Gasteiger partial charge on any atom is -0.480 e. The first-order chi connectivity index (χ1) is 17.3. The number of ketones is 2. The largest absolute Gasteiger partial charge is 0.480 e. The maximum atomic E-state index is 13.9. The molecule has 12 heteroatoms. The number of rotatable bonds is 13. The number of aryl methyl sites for hydroxylation is 1. The predicted molar refractivity (Wildman–Crippen MR) is 122 cm³/mol. The summed E-state index contributed by atoms with van der Waals surface area (Å²) in [6, 6.07) is 5.46. The van der Waals surface area contributed by atoms with Gasteiger partial charge >= 0.3 is 5.97 Å². The van der Waals surface area contributed by atoms with Crippen LogP contribution in [0.4, 0.5) is 17.6 Å². The van der Waals surface area contributed by atoms with Crippen molar-refractivity contribution in [2.24, 2.45) is 17.6 Å². The van der Waals surface area contributed by atoms with Gasteiger partial charge in [-0.1, -0.05) is 44.2 Å². The van der Waals surface area contributed by atoms with Crippen molar-refractivity contribution in [3.8, 4) is 5.75 Å². The van der Waals surface area contributed by atoms with E-state index in [1.54, 1.807) is 30.3 Å². The molecule has 0 aromatic heterocycles. The molecule has 0 bridgehead atoms. The van der Waals surface area contributed by atoms with Gasteiger partial charge in [-0.2, -0.15) is 8.78 Å². The number of carboxylic acids is 1. The number of hydrogen-bond acceptors (Lipinski definition) is 6. The number of carbonyl (C=O) groups excluding carboxylic acids is 3. The van der Waals surface area contributed by atoms with Crippen LogP contribution in [-0.4, -0.2) is 47.2 Å². The summed E-state index contributed by atoms with van der Waals surface area (Å²) in [5, 5.41) is 11.8. The molecule has 4 N–H and O–H groups in total. The van der Waals surface area contributed by atoms with Gasteiger partial charge in [-0.15, -0.1) is 0 Å². The standard InChI is InChI=1S/C25H26F4N2O6/c1-12(2)22(31-17(33)9-8-13-6-4-3-5-7-13)23(34)18(21(30)25(35)36)16(32)11-37-24-19(28)14(26)10-15(27)20(24)29/h3-7,10,12,18,21-22H,8-9,11,30H2,1-2H3,(H,31,33)(H,35,36)/t18?,21?,22-/m0/s1. The highest BCUT2D eigenvalue weighted by Gasteiger charge is 2.41. The third-order valence-electron chi connectivity index (χ3n) is 5.50. The SMILES string of the molecule is CC(C)[C@H](NC(=O)CCc1ccccc1)C(=O)C(C(=O)COc1c(F)c(F)cc(F)c1F)C(N)C(=O)O. The average molecular weight is 526 g/mol. The van der Waals surface area contributed by atoms with E-state index in [1.807, 2.05) is 0 Å². The maximum Gasteiger partial charge on any atom is 0.321 e. The second kappa shape index (κ2) is 12.9. The van der Waals surface area contributed by atoms with Crippen molar-refractivity contribution in [2.45, 2.75) is 38.8 Å². The van der Waals surface area contributed by atoms with Crippen LogP contribution < -0.4 is 15.8 Å². The first kappa shape index (κ1) is 29.4. The van der Waals surface area contributed by atoms with Gasteiger partial charge in [-0.05, 0) is 17.9 Å². The lowest BCUT2D eigenvalue weighted by atomic mass is 9.84. The fourth-order valence-corrected chi connectivity index (χ4v) is 3.50. The Morgan fingerprint density at radius 2 is 1.57 bits per heavy atom. The molecule has 2 aromatic rings. The van der Waals surface area contributed by atoms with Crippen molar-refractivity contribution < 1.29 is 46.6 Å². The number of nitrogens with one attached hydrogen (secondary N) is 1. The van der Waals surface area contributed by atoms with E-state index in [9.17, 15) is 41.8 Å². The first-order valence-corrected chi connectivity index (χ1v) is 11.2. The molecule has 37 heavy (non-hydrogen) atoms. The molecule has 0 aliphatic carbocycles. The van der Waals surface area contributed by atoms with Crippen LogP contribution in [0.3, 0.4) is 0 Å². The molecule has 0 heterocycles. The molecule has 200 valence electrons. The Labute approximate surface area is 209 Å². The highest BCUT2D eigenvalue weighted by atomic mass is 19.2. The van der Waals surface area contributed by atoms with Crippen molar-refractivity contribution >= 4 is 23.4 Å². The van der Waals surface area contributed by atoms with E-state index in [0.29, 0.717) is 6.42 Å². The third-order valence-corrected chi connectivity index (χ3v) is 5.50. The van der Waals surface area contributed by atoms with Crippen LogP contribution >= 0.6 is 0 Å². The lowest BCUT2D eigenvalue weighted by molar-refractivity contribution is -0.148. The smallest absolute Gasteiger partial charge is 0.321 e. The van der Waals surface area contributed by atoms with E-state index in [4.69, 9.17) is 5.73 Å². The number of benzene rings is 2. The Balaban J connectivity index is 2.22. The van der Waals surface area contributed by atoms with Crippen molar-refractivity contribution in [2.75, 3.05) is 6.61 Å².